The summed E-state index contributed by atoms with van der Waals surface area (Å²) in [5, 5.41) is 0. The fourth-order valence-electron chi connectivity index (χ4n) is 4.09. The maximum absolute atomic E-state index is 12.9. The van der Waals surface area contributed by atoms with Gasteiger partial charge in [-0.3, -0.25) is 9.59 Å². The Labute approximate surface area is 186 Å². The zero-order valence-electron chi connectivity index (χ0n) is 18.7. The molecule has 2 aliphatic heterocycles. The second-order valence-electron chi connectivity index (χ2n) is 8.29. The minimum absolute atomic E-state index is 0.0123. The smallest absolute Gasteiger partial charge is 0.340 e. The van der Waals surface area contributed by atoms with Crippen LogP contribution in [0.5, 0.6) is 0 Å². The molecule has 0 unspecified atom stereocenters. The number of benzene rings is 1. The number of halogens is 3. The highest BCUT2D eigenvalue weighted by atomic mass is 19.4. The van der Waals surface area contributed by atoms with Crippen LogP contribution >= 0.6 is 0 Å². The van der Waals surface area contributed by atoms with E-state index >= 15 is 0 Å². The van der Waals surface area contributed by atoms with Gasteiger partial charge in [-0.25, -0.2) is 4.99 Å². The first-order valence-corrected chi connectivity index (χ1v) is 10.8. The van der Waals surface area contributed by atoms with Crippen LogP contribution in [0.2, 0.25) is 0 Å². The molecule has 172 valence electrons. The molecule has 0 spiro atoms. The molecule has 5 nitrogen and oxygen atoms in total. The molecule has 1 fully saturated rings. The lowest BCUT2D eigenvalue weighted by atomic mass is 10.0. The molecule has 1 amide bonds. The van der Waals surface area contributed by atoms with E-state index in [9.17, 15) is 22.8 Å². The van der Waals surface area contributed by atoms with Crippen molar-refractivity contribution in [1.29, 1.82) is 0 Å². The number of ketones is 1. The quantitative estimate of drug-likeness (QED) is 0.583. The number of nitrogens with zero attached hydrogens (tertiary/aromatic N) is 3. The number of rotatable bonds is 5. The number of carbonyl (C=O) groups is 2. The summed E-state index contributed by atoms with van der Waals surface area (Å²) in [7, 11) is 1.74. The molecule has 3 rings (SSSR count). The van der Waals surface area contributed by atoms with Gasteiger partial charge < -0.3 is 9.80 Å². The molecule has 1 saturated heterocycles. The van der Waals surface area contributed by atoms with Crippen molar-refractivity contribution in [2.45, 2.75) is 64.7 Å². The van der Waals surface area contributed by atoms with E-state index in [-0.39, 0.29) is 35.8 Å². The number of allylic oxidation sites excluding steroid dienone is 3. The number of Topliss-reactive ketones (excluding diaryl/α,β-unsaturated/α-hetero) is 1. The molecule has 0 saturated carbocycles. The van der Waals surface area contributed by atoms with Crippen LogP contribution in [-0.4, -0.2) is 46.5 Å². The van der Waals surface area contributed by atoms with Gasteiger partial charge in [0.1, 0.15) is 6.04 Å². The number of fused-ring (bicyclic) bond motifs is 1. The molecule has 0 bridgehead atoms. The zero-order valence-corrected chi connectivity index (χ0v) is 18.7. The number of amides is 1. The van der Waals surface area contributed by atoms with Gasteiger partial charge in [-0.2, -0.15) is 13.2 Å². The van der Waals surface area contributed by atoms with Crippen LogP contribution < -0.4 is 0 Å². The third kappa shape index (κ3) is 4.79. The Bertz CT molecular complexity index is 975. The van der Waals surface area contributed by atoms with Gasteiger partial charge in [0.15, 0.2) is 11.6 Å². The molecule has 1 atom stereocenters. The van der Waals surface area contributed by atoms with Crippen molar-refractivity contribution in [3.63, 3.8) is 0 Å². The number of alkyl halides is 3. The van der Waals surface area contributed by atoms with E-state index in [1.165, 1.54) is 12.1 Å². The summed E-state index contributed by atoms with van der Waals surface area (Å²) < 4.78 is 38.4. The first-order chi connectivity index (χ1) is 15.0. The summed E-state index contributed by atoms with van der Waals surface area (Å²) in [6, 6.07) is 3.91. The van der Waals surface area contributed by atoms with Gasteiger partial charge in [0.05, 0.1) is 17.7 Å². The molecule has 1 aromatic carbocycles. The predicted molar refractivity (Wildman–Crippen MR) is 117 cm³/mol. The van der Waals surface area contributed by atoms with Crippen LogP contribution in [-0.2, 0) is 11.0 Å². The summed E-state index contributed by atoms with van der Waals surface area (Å²) in [5.74, 6) is 0.363. The zero-order chi connectivity index (χ0) is 23.6. The Morgan fingerprint density at radius 3 is 2.34 bits per heavy atom. The van der Waals surface area contributed by atoms with Gasteiger partial charge in [0, 0.05) is 24.4 Å². The minimum Gasteiger partial charge on any atom is -0.340 e. The van der Waals surface area contributed by atoms with Crippen molar-refractivity contribution < 1.29 is 22.8 Å². The number of carbonyl (C=O) groups excluding carboxylic acids is 2. The Morgan fingerprint density at radius 1 is 1.16 bits per heavy atom. The van der Waals surface area contributed by atoms with Gasteiger partial charge in [-0.1, -0.05) is 31.2 Å². The molecular weight excluding hydrogens is 419 g/mol. The monoisotopic (exact) mass is 447 g/mol. The molecule has 0 aliphatic carbocycles. The maximum atomic E-state index is 12.9. The average Bonchev–Trinajstić information content (AvgIpc) is 2.72. The molecule has 2 heterocycles. The normalized spacial score (nSPS) is 19.7. The van der Waals surface area contributed by atoms with Crippen molar-refractivity contribution in [3.8, 4) is 0 Å². The molecule has 8 heteroatoms. The molecule has 0 aromatic heterocycles. The largest absolute Gasteiger partial charge is 0.416 e. The third-order valence-electron chi connectivity index (χ3n) is 5.74. The number of aliphatic imine (C=N–C) groups is 1. The third-order valence-corrected chi connectivity index (χ3v) is 5.74. The summed E-state index contributed by atoms with van der Waals surface area (Å²) in [5.41, 5.74) is 0.696. The molecule has 0 radical (unpaired) electrons. The van der Waals surface area contributed by atoms with E-state index in [0.29, 0.717) is 30.8 Å². The van der Waals surface area contributed by atoms with Gasteiger partial charge in [0.25, 0.3) is 0 Å². The summed E-state index contributed by atoms with van der Waals surface area (Å²) >= 11 is 0. The maximum Gasteiger partial charge on any atom is 0.416 e. The molecule has 2 aliphatic rings. The van der Waals surface area contributed by atoms with Crippen molar-refractivity contribution in [2.75, 3.05) is 7.05 Å². The second kappa shape index (κ2) is 9.30. The Kier molecular flexibility index (Phi) is 6.91. The number of likely N-dealkylation sites (N-methyl/N-ethyl adjacent to an activating group) is 1. The Hall–Kier alpha value is -2.90. The Balaban J connectivity index is 1.92. The fourth-order valence-corrected chi connectivity index (χ4v) is 4.09. The van der Waals surface area contributed by atoms with E-state index in [1.54, 1.807) is 11.9 Å². The molecular formula is C24H28F3N3O2. The van der Waals surface area contributed by atoms with Crippen molar-refractivity contribution in [1.82, 2.24) is 9.80 Å². The van der Waals surface area contributed by atoms with E-state index in [4.69, 9.17) is 4.99 Å². The van der Waals surface area contributed by atoms with E-state index in [0.717, 1.165) is 17.8 Å². The molecule has 1 aromatic rings. The first kappa shape index (κ1) is 23.8. The SMILES string of the molecule is CC[C@@H]1C(=O)N(C)C2=CCCC=C(CC(=O)c3ccc(C(F)(F)F)cc3)N=C2N1C(C)C. The summed E-state index contributed by atoms with van der Waals surface area (Å²) in [6.07, 6.45) is 1.36. The topological polar surface area (TPSA) is 53.0 Å². The van der Waals surface area contributed by atoms with Crippen LogP contribution in [0.25, 0.3) is 0 Å². The predicted octanol–water partition coefficient (Wildman–Crippen LogP) is 5.20. The summed E-state index contributed by atoms with van der Waals surface area (Å²) in [4.78, 5) is 34.1. The number of hydrogen-bond donors (Lipinski definition) is 0. The minimum atomic E-state index is -4.45. The number of amidine groups is 1. The lowest BCUT2D eigenvalue weighted by Crippen LogP contribution is -2.59. The highest BCUT2D eigenvalue weighted by Gasteiger charge is 2.40. The van der Waals surface area contributed by atoms with Crippen molar-refractivity contribution in [3.05, 3.63) is 58.9 Å². The fraction of sp³-hybridized carbons (Fsp3) is 0.458. The van der Waals surface area contributed by atoms with Gasteiger partial charge in [-0.15, -0.1) is 0 Å². The molecule has 32 heavy (non-hydrogen) atoms. The number of hydrogen-bond acceptors (Lipinski definition) is 4. The second-order valence-corrected chi connectivity index (χ2v) is 8.29. The highest BCUT2D eigenvalue weighted by molar-refractivity contribution is 6.08. The Morgan fingerprint density at radius 2 is 1.78 bits per heavy atom. The van der Waals surface area contributed by atoms with Crippen LogP contribution in [0.4, 0.5) is 13.2 Å². The average molecular weight is 448 g/mol. The lowest BCUT2D eigenvalue weighted by molar-refractivity contribution is -0.137. The van der Waals surface area contributed by atoms with Crippen molar-refractivity contribution in [2.24, 2.45) is 4.99 Å². The van der Waals surface area contributed by atoms with E-state index < -0.39 is 11.7 Å². The van der Waals surface area contributed by atoms with Crippen LogP contribution in [0.15, 0.2) is 52.8 Å². The van der Waals surface area contributed by atoms with Gasteiger partial charge in [-0.05, 0) is 45.2 Å². The highest BCUT2D eigenvalue weighted by Crippen LogP contribution is 2.30. The van der Waals surface area contributed by atoms with E-state index in [2.05, 4.69) is 0 Å². The van der Waals surface area contributed by atoms with Crippen LogP contribution in [0.3, 0.4) is 0 Å². The van der Waals surface area contributed by atoms with Crippen LogP contribution in [0.1, 0.15) is 62.4 Å². The number of piperazine rings is 1. The van der Waals surface area contributed by atoms with Gasteiger partial charge in [0.2, 0.25) is 5.91 Å². The van der Waals surface area contributed by atoms with Gasteiger partial charge >= 0.3 is 6.18 Å². The van der Waals surface area contributed by atoms with E-state index in [1.807, 2.05) is 37.8 Å². The summed E-state index contributed by atoms with van der Waals surface area (Å²) in [6.45, 7) is 5.95. The molecule has 0 N–H and O–H groups in total. The van der Waals surface area contributed by atoms with Crippen molar-refractivity contribution >= 4 is 17.5 Å². The standard InChI is InChI=1S/C24H28F3N3O2/c1-5-19-23(32)29(4)20-9-7-6-8-18(28-22(20)30(19)15(2)3)14-21(31)16-10-12-17(13-11-16)24(25,26)27/h8-13,15,19H,5-7,14H2,1-4H3/t19-/m1/s1. The first-order valence-electron chi connectivity index (χ1n) is 10.8. The van der Waals surface area contributed by atoms with Crippen LogP contribution in [0, 0.1) is 0 Å². The lowest BCUT2D eigenvalue weighted by Gasteiger charge is -2.45.